The van der Waals surface area contributed by atoms with Gasteiger partial charge in [0.2, 0.25) is 0 Å². The molecule has 0 N–H and O–H groups in total. The maximum absolute atomic E-state index is 13.3. The van der Waals surface area contributed by atoms with Crippen molar-refractivity contribution in [2.45, 2.75) is 44.8 Å². The molecule has 3 aromatic rings. The number of ketones is 1. The van der Waals surface area contributed by atoms with Crippen LogP contribution in [0.25, 0.3) is 5.57 Å². The second-order valence-corrected chi connectivity index (χ2v) is 11.4. The van der Waals surface area contributed by atoms with Crippen LogP contribution < -0.4 is 0 Å². The molecule has 0 spiro atoms. The first-order chi connectivity index (χ1) is 19.7. The lowest BCUT2D eigenvalue weighted by Crippen LogP contribution is -2.38. The summed E-state index contributed by atoms with van der Waals surface area (Å²) in [6.07, 6.45) is 2.81. The number of fused-ring (bicyclic) bond motifs is 2. The molecule has 3 heterocycles. The van der Waals surface area contributed by atoms with Crippen LogP contribution in [0.1, 0.15) is 68.7 Å². The number of rotatable bonds is 6. The molecular formula is C33H32F3N3O2. The molecule has 212 valence electrons. The molecule has 0 saturated carbocycles. The SMILES string of the molecule is O=C(CC1CCN(C(=O)c2cccnc2)CC1)c1ccc2c(c1)C1=C(CCN(Cc3ccc(C(F)(F)F)cc3)C1)C2. The van der Waals surface area contributed by atoms with E-state index in [1.807, 2.05) is 17.0 Å². The van der Waals surface area contributed by atoms with Crippen LogP contribution in [0.15, 0.2) is 72.6 Å². The first-order valence-electron chi connectivity index (χ1n) is 14.2. The molecule has 5 nitrogen and oxygen atoms in total. The fourth-order valence-corrected chi connectivity index (χ4v) is 6.33. The number of nitrogens with zero attached hydrogens (tertiary/aromatic N) is 3. The molecule has 1 fully saturated rings. The molecule has 0 atom stereocenters. The maximum atomic E-state index is 13.3. The van der Waals surface area contributed by atoms with E-state index < -0.39 is 11.7 Å². The predicted octanol–water partition coefficient (Wildman–Crippen LogP) is 6.44. The lowest BCUT2D eigenvalue weighted by Gasteiger charge is -2.31. The van der Waals surface area contributed by atoms with Crippen LogP contribution in [0, 0.1) is 5.92 Å². The molecular weight excluding hydrogens is 527 g/mol. The van der Waals surface area contributed by atoms with E-state index in [2.05, 4.69) is 16.0 Å². The molecule has 41 heavy (non-hydrogen) atoms. The zero-order valence-electron chi connectivity index (χ0n) is 22.8. The summed E-state index contributed by atoms with van der Waals surface area (Å²) in [6.45, 7) is 3.46. The summed E-state index contributed by atoms with van der Waals surface area (Å²) in [6, 6.07) is 15.0. The third kappa shape index (κ3) is 5.98. The van der Waals surface area contributed by atoms with Crippen LogP contribution >= 0.6 is 0 Å². The van der Waals surface area contributed by atoms with E-state index in [-0.39, 0.29) is 17.6 Å². The summed E-state index contributed by atoms with van der Waals surface area (Å²) < 4.78 is 38.8. The Kier molecular flexibility index (Phi) is 7.51. The van der Waals surface area contributed by atoms with Crippen molar-refractivity contribution < 1.29 is 22.8 Å². The Morgan fingerprint density at radius 1 is 0.951 bits per heavy atom. The normalized spacial score (nSPS) is 17.9. The van der Waals surface area contributed by atoms with Crippen molar-refractivity contribution >= 4 is 17.3 Å². The number of hydrogen-bond acceptors (Lipinski definition) is 4. The van der Waals surface area contributed by atoms with Gasteiger partial charge in [-0.25, -0.2) is 0 Å². The summed E-state index contributed by atoms with van der Waals surface area (Å²) >= 11 is 0. The highest BCUT2D eigenvalue weighted by Crippen LogP contribution is 2.39. The Bertz CT molecular complexity index is 1470. The predicted molar refractivity (Wildman–Crippen MR) is 150 cm³/mol. The molecule has 6 rings (SSSR count). The molecule has 1 aliphatic carbocycles. The summed E-state index contributed by atoms with van der Waals surface area (Å²) in [5.74, 6) is 0.374. The van der Waals surface area contributed by atoms with Crippen LogP contribution in [0.4, 0.5) is 13.2 Å². The second-order valence-electron chi connectivity index (χ2n) is 11.4. The van der Waals surface area contributed by atoms with Gasteiger partial charge in [-0.3, -0.25) is 19.5 Å². The quantitative estimate of drug-likeness (QED) is 0.326. The summed E-state index contributed by atoms with van der Waals surface area (Å²) in [5.41, 5.74) is 6.59. The highest BCUT2D eigenvalue weighted by atomic mass is 19.4. The molecule has 1 saturated heterocycles. The van der Waals surface area contributed by atoms with Crippen LogP contribution in [0.3, 0.4) is 0 Å². The number of Topliss-reactive ketones (excluding diaryl/α,β-unsaturated/α-hetero) is 1. The van der Waals surface area contributed by atoms with E-state index in [1.54, 1.807) is 36.7 Å². The van der Waals surface area contributed by atoms with Gasteiger partial charge in [0.25, 0.3) is 5.91 Å². The van der Waals surface area contributed by atoms with E-state index in [0.717, 1.165) is 67.6 Å². The molecule has 0 bridgehead atoms. The van der Waals surface area contributed by atoms with E-state index in [0.29, 0.717) is 31.6 Å². The summed E-state index contributed by atoms with van der Waals surface area (Å²) in [5, 5.41) is 0. The minimum Gasteiger partial charge on any atom is -0.339 e. The average Bonchev–Trinajstić information content (AvgIpc) is 3.35. The van der Waals surface area contributed by atoms with Crippen molar-refractivity contribution in [2.24, 2.45) is 5.92 Å². The van der Waals surface area contributed by atoms with Gasteiger partial charge < -0.3 is 4.90 Å². The van der Waals surface area contributed by atoms with Gasteiger partial charge in [-0.2, -0.15) is 13.2 Å². The average molecular weight is 560 g/mol. The monoisotopic (exact) mass is 559 g/mol. The Balaban J connectivity index is 1.07. The number of pyridine rings is 1. The zero-order chi connectivity index (χ0) is 28.6. The number of piperidine rings is 1. The topological polar surface area (TPSA) is 53.5 Å². The third-order valence-corrected chi connectivity index (χ3v) is 8.67. The first kappa shape index (κ1) is 27.4. The molecule has 1 amide bonds. The number of benzene rings is 2. The molecule has 2 aromatic carbocycles. The number of carbonyl (C=O) groups is 2. The van der Waals surface area contributed by atoms with Crippen molar-refractivity contribution in [2.75, 3.05) is 26.2 Å². The minimum atomic E-state index is -4.33. The molecule has 2 aliphatic heterocycles. The van der Waals surface area contributed by atoms with Crippen molar-refractivity contribution in [3.05, 3.63) is 106 Å². The van der Waals surface area contributed by atoms with Gasteiger partial charge in [-0.15, -0.1) is 0 Å². The van der Waals surface area contributed by atoms with Crippen molar-refractivity contribution in [1.29, 1.82) is 0 Å². The second kappa shape index (κ2) is 11.2. The first-order valence-corrected chi connectivity index (χ1v) is 14.2. The van der Waals surface area contributed by atoms with Crippen LogP contribution in [0.2, 0.25) is 0 Å². The van der Waals surface area contributed by atoms with E-state index >= 15 is 0 Å². The minimum absolute atomic E-state index is 0.00887. The summed E-state index contributed by atoms with van der Waals surface area (Å²) in [4.78, 5) is 34.2. The van der Waals surface area contributed by atoms with Crippen LogP contribution in [0.5, 0.6) is 0 Å². The van der Waals surface area contributed by atoms with Gasteiger partial charge >= 0.3 is 6.18 Å². The van der Waals surface area contributed by atoms with Gasteiger partial charge in [0.1, 0.15) is 0 Å². The number of amides is 1. The fourth-order valence-electron chi connectivity index (χ4n) is 6.33. The maximum Gasteiger partial charge on any atom is 0.416 e. The number of carbonyl (C=O) groups excluding carboxylic acids is 2. The number of halogens is 3. The van der Waals surface area contributed by atoms with Gasteiger partial charge in [-0.1, -0.05) is 29.8 Å². The molecule has 1 aromatic heterocycles. The molecule has 8 heteroatoms. The van der Waals surface area contributed by atoms with Gasteiger partial charge in [0.05, 0.1) is 11.1 Å². The Morgan fingerprint density at radius 2 is 1.73 bits per heavy atom. The van der Waals surface area contributed by atoms with Gasteiger partial charge in [0.15, 0.2) is 5.78 Å². The fraction of sp³-hybridized carbons (Fsp3) is 0.364. The van der Waals surface area contributed by atoms with Crippen molar-refractivity contribution in [3.8, 4) is 0 Å². The van der Waals surface area contributed by atoms with E-state index in [9.17, 15) is 22.8 Å². The number of hydrogen-bond donors (Lipinski definition) is 0. The largest absolute Gasteiger partial charge is 0.416 e. The molecule has 0 unspecified atom stereocenters. The summed E-state index contributed by atoms with van der Waals surface area (Å²) in [7, 11) is 0. The lowest BCUT2D eigenvalue weighted by molar-refractivity contribution is -0.137. The number of aromatic nitrogens is 1. The van der Waals surface area contributed by atoms with Crippen molar-refractivity contribution in [3.63, 3.8) is 0 Å². The smallest absolute Gasteiger partial charge is 0.339 e. The van der Waals surface area contributed by atoms with E-state index in [4.69, 9.17) is 0 Å². The standard InChI is InChI=1S/C33H32F3N3O2/c34-33(35,36)28-7-3-23(4-8-28)20-38-13-11-25-17-24-5-6-26(18-29(24)30(25)21-38)31(40)16-22-9-14-39(15-10-22)32(41)27-2-1-12-37-19-27/h1-8,12,18-19,22H,9-11,13-17,20-21H2. The third-order valence-electron chi connectivity index (χ3n) is 8.67. The van der Waals surface area contributed by atoms with Gasteiger partial charge in [-0.05, 0) is 84.2 Å². The van der Waals surface area contributed by atoms with Crippen LogP contribution in [-0.4, -0.2) is 52.7 Å². The molecule has 0 radical (unpaired) electrons. The highest BCUT2D eigenvalue weighted by Gasteiger charge is 2.31. The van der Waals surface area contributed by atoms with Crippen molar-refractivity contribution in [1.82, 2.24) is 14.8 Å². The Labute approximate surface area is 237 Å². The number of likely N-dealkylation sites (tertiary alicyclic amines) is 1. The lowest BCUT2D eigenvalue weighted by atomic mass is 9.88. The van der Waals surface area contributed by atoms with E-state index in [1.165, 1.54) is 16.7 Å². The van der Waals surface area contributed by atoms with Gasteiger partial charge in [0, 0.05) is 57.1 Å². The zero-order valence-corrected chi connectivity index (χ0v) is 22.8. The Hall–Kier alpha value is -3.78. The molecule has 3 aliphatic rings. The highest BCUT2D eigenvalue weighted by molar-refractivity contribution is 5.98. The number of alkyl halides is 3. The Morgan fingerprint density at radius 3 is 2.44 bits per heavy atom. The van der Waals surface area contributed by atoms with Crippen LogP contribution in [-0.2, 0) is 19.1 Å².